The zero-order chi connectivity index (χ0) is 9.84. The summed E-state index contributed by atoms with van der Waals surface area (Å²) in [5.74, 6) is 0.830. The number of amides is 1. The Morgan fingerprint density at radius 1 is 1.54 bits per heavy atom. The number of nitrogens with one attached hydrogen (secondary N) is 1. The third kappa shape index (κ3) is 2.99. The van der Waals surface area contributed by atoms with Gasteiger partial charge in [0.1, 0.15) is 0 Å². The van der Waals surface area contributed by atoms with Crippen LogP contribution >= 0.6 is 0 Å². The monoisotopic (exact) mass is 184 g/mol. The molecule has 3 heteroatoms. The number of piperidine rings is 1. The summed E-state index contributed by atoms with van der Waals surface area (Å²) >= 11 is 0. The highest BCUT2D eigenvalue weighted by atomic mass is 16.2. The topological polar surface area (TPSA) is 32.3 Å². The Kier molecular flexibility index (Phi) is 3.72. The number of likely N-dealkylation sites (tertiary alicyclic amines) is 1. The third-order valence-corrected chi connectivity index (χ3v) is 2.60. The first-order valence-corrected chi connectivity index (χ1v) is 5.12. The van der Waals surface area contributed by atoms with Gasteiger partial charge in [-0.15, -0.1) is 0 Å². The fraction of sp³-hybridized carbons (Fsp3) is 0.900. The summed E-state index contributed by atoms with van der Waals surface area (Å²) in [5.41, 5.74) is 0. The Morgan fingerprint density at radius 2 is 2.23 bits per heavy atom. The maximum atomic E-state index is 11.2. The Bertz CT molecular complexity index is 182. The molecule has 1 fully saturated rings. The quantitative estimate of drug-likeness (QED) is 0.690. The average Bonchev–Trinajstić information content (AvgIpc) is 2.03. The lowest BCUT2D eigenvalue weighted by Crippen LogP contribution is -2.50. The molecule has 1 heterocycles. The van der Waals surface area contributed by atoms with Crippen LogP contribution < -0.4 is 5.32 Å². The van der Waals surface area contributed by atoms with Crippen LogP contribution in [0.3, 0.4) is 0 Å². The summed E-state index contributed by atoms with van der Waals surface area (Å²) in [6.07, 6.45) is 1.19. The van der Waals surface area contributed by atoms with E-state index in [0.29, 0.717) is 12.0 Å². The summed E-state index contributed by atoms with van der Waals surface area (Å²) in [4.78, 5) is 13.1. The van der Waals surface area contributed by atoms with Gasteiger partial charge in [-0.1, -0.05) is 13.8 Å². The predicted octanol–water partition coefficient (Wildman–Crippen LogP) is 0.853. The number of likely N-dealkylation sites (N-methyl/N-ethyl adjacent to an activating group) is 1. The molecule has 3 nitrogen and oxygen atoms in total. The van der Waals surface area contributed by atoms with Gasteiger partial charge in [0.2, 0.25) is 5.91 Å². The van der Waals surface area contributed by atoms with Crippen molar-refractivity contribution >= 4 is 5.91 Å². The predicted molar refractivity (Wildman–Crippen MR) is 53.5 cm³/mol. The normalized spacial score (nSPS) is 29.0. The van der Waals surface area contributed by atoms with E-state index in [1.807, 2.05) is 4.90 Å². The molecule has 2 unspecified atom stereocenters. The van der Waals surface area contributed by atoms with Crippen molar-refractivity contribution in [2.75, 3.05) is 19.6 Å². The van der Waals surface area contributed by atoms with Gasteiger partial charge in [0.15, 0.2) is 0 Å². The van der Waals surface area contributed by atoms with Crippen LogP contribution in [0.5, 0.6) is 0 Å². The van der Waals surface area contributed by atoms with Crippen LogP contribution in [0.4, 0.5) is 0 Å². The molecule has 1 aliphatic heterocycles. The summed E-state index contributed by atoms with van der Waals surface area (Å²) in [7, 11) is 0. The highest BCUT2D eigenvalue weighted by molar-refractivity contribution is 5.73. The van der Waals surface area contributed by atoms with Crippen molar-refractivity contribution in [3.8, 4) is 0 Å². The van der Waals surface area contributed by atoms with Crippen LogP contribution in [0.15, 0.2) is 0 Å². The van der Waals surface area contributed by atoms with Gasteiger partial charge in [-0.3, -0.25) is 4.79 Å². The van der Waals surface area contributed by atoms with Crippen molar-refractivity contribution in [1.82, 2.24) is 10.2 Å². The van der Waals surface area contributed by atoms with E-state index in [9.17, 15) is 4.79 Å². The van der Waals surface area contributed by atoms with Gasteiger partial charge in [-0.05, 0) is 18.9 Å². The van der Waals surface area contributed by atoms with Crippen molar-refractivity contribution in [3.05, 3.63) is 0 Å². The van der Waals surface area contributed by atoms with Crippen LogP contribution in [-0.4, -0.2) is 36.5 Å². The van der Waals surface area contributed by atoms with Gasteiger partial charge in [0, 0.05) is 26.1 Å². The molecule has 13 heavy (non-hydrogen) atoms. The number of hydrogen-bond donors (Lipinski definition) is 1. The molecule has 1 amide bonds. The van der Waals surface area contributed by atoms with E-state index in [-0.39, 0.29) is 5.91 Å². The fourth-order valence-electron chi connectivity index (χ4n) is 2.05. The minimum atomic E-state index is 0.203. The van der Waals surface area contributed by atoms with Crippen LogP contribution in [-0.2, 0) is 4.79 Å². The zero-order valence-corrected chi connectivity index (χ0v) is 8.84. The van der Waals surface area contributed by atoms with Gasteiger partial charge in [-0.25, -0.2) is 0 Å². The first-order chi connectivity index (χ1) is 6.13. The second kappa shape index (κ2) is 4.61. The number of nitrogens with zero attached hydrogens (tertiary/aromatic N) is 1. The van der Waals surface area contributed by atoms with E-state index >= 15 is 0 Å². The molecule has 0 aliphatic carbocycles. The number of hydrogen-bond acceptors (Lipinski definition) is 2. The van der Waals surface area contributed by atoms with Gasteiger partial charge in [0.05, 0.1) is 0 Å². The molecule has 0 bridgehead atoms. The number of carbonyl (C=O) groups excluding carboxylic acids is 1. The lowest BCUT2D eigenvalue weighted by molar-refractivity contribution is -0.131. The SMILES string of the molecule is CCNC1CC(C)CN(C(C)=O)C1. The van der Waals surface area contributed by atoms with Crippen molar-refractivity contribution < 1.29 is 4.79 Å². The smallest absolute Gasteiger partial charge is 0.219 e. The Labute approximate surface area is 80.5 Å². The molecule has 2 atom stereocenters. The molecule has 0 saturated carbocycles. The first-order valence-electron chi connectivity index (χ1n) is 5.12. The molecule has 76 valence electrons. The van der Waals surface area contributed by atoms with Crippen LogP contribution in [0.25, 0.3) is 0 Å². The molecule has 1 aliphatic rings. The van der Waals surface area contributed by atoms with E-state index < -0.39 is 0 Å². The summed E-state index contributed by atoms with van der Waals surface area (Å²) < 4.78 is 0. The Hall–Kier alpha value is -0.570. The molecule has 0 aromatic rings. The summed E-state index contributed by atoms with van der Waals surface area (Å²) in [6.45, 7) is 8.77. The summed E-state index contributed by atoms with van der Waals surface area (Å²) in [5, 5.41) is 3.41. The van der Waals surface area contributed by atoms with Gasteiger partial charge < -0.3 is 10.2 Å². The maximum Gasteiger partial charge on any atom is 0.219 e. The third-order valence-electron chi connectivity index (χ3n) is 2.60. The highest BCUT2D eigenvalue weighted by Crippen LogP contribution is 2.16. The average molecular weight is 184 g/mol. The fourth-order valence-corrected chi connectivity index (χ4v) is 2.05. The molecular weight excluding hydrogens is 164 g/mol. The Morgan fingerprint density at radius 3 is 2.77 bits per heavy atom. The minimum Gasteiger partial charge on any atom is -0.341 e. The van der Waals surface area contributed by atoms with Crippen molar-refractivity contribution in [3.63, 3.8) is 0 Å². The van der Waals surface area contributed by atoms with E-state index in [1.165, 1.54) is 6.42 Å². The lowest BCUT2D eigenvalue weighted by atomic mass is 9.96. The van der Waals surface area contributed by atoms with E-state index in [2.05, 4.69) is 19.2 Å². The maximum absolute atomic E-state index is 11.2. The van der Waals surface area contributed by atoms with Crippen molar-refractivity contribution in [2.24, 2.45) is 5.92 Å². The zero-order valence-electron chi connectivity index (χ0n) is 8.84. The van der Waals surface area contributed by atoms with E-state index in [1.54, 1.807) is 6.92 Å². The first kappa shape index (κ1) is 10.5. The summed E-state index contributed by atoms with van der Waals surface area (Å²) in [6, 6.07) is 0.498. The second-order valence-electron chi connectivity index (χ2n) is 4.02. The molecule has 0 radical (unpaired) electrons. The van der Waals surface area contributed by atoms with E-state index in [0.717, 1.165) is 19.6 Å². The highest BCUT2D eigenvalue weighted by Gasteiger charge is 2.25. The number of carbonyl (C=O) groups is 1. The molecular formula is C10H20N2O. The minimum absolute atomic E-state index is 0.203. The van der Waals surface area contributed by atoms with Gasteiger partial charge in [-0.2, -0.15) is 0 Å². The van der Waals surface area contributed by atoms with Gasteiger partial charge >= 0.3 is 0 Å². The van der Waals surface area contributed by atoms with Crippen LogP contribution in [0.2, 0.25) is 0 Å². The Balaban J connectivity index is 2.47. The molecule has 0 aromatic carbocycles. The molecule has 1 rings (SSSR count). The molecule has 1 N–H and O–H groups in total. The van der Waals surface area contributed by atoms with Gasteiger partial charge in [0.25, 0.3) is 0 Å². The van der Waals surface area contributed by atoms with Crippen molar-refractivity contribution in [2.45, 2.75) is 33.2 Å². The molecule has 0 spiro atoms. The molecule has 1 saturated heterocycles. The lowest BCUT2D eigenvalue weighted by Gasteiger charge is -2.36. The largest absolute Gasteiger partial charge is 0.341 e. The van der Waals surface area contributed by atoms with E-state index in [4.69, 9.17) is 0 Å². The van der Waals surface area contributed by atoms with Crippen LogP contribution in [0.1, 0.15) is 27.2 Å². The molecule has 0 aromatic heterocycles. The standard InChI is InChI=1S/C10H20N2O/c1-4-11-10-5-8(2)6-12(7-10)9(3)13/h8,10-11H,4-7H2,1-3H3. The second-order valence-corrected chi connectivity index (χ2v) is 4.02. The number of rotatable bonds is 2. The van der Waals surface area contributed by atoms with Crippen LogP contribution in [0, 0.1) is 5.92 Å². The van der Waals surface area contributed by atoms with Crippen molar-refractivity contribution in [1.29, 1.82) is 0 Å².